The SMILES string of the molecule is CC(=O)c1ccc(-c2ccccc2)c(-c2ccccc2)c1N. The topological polar surface area (TPSA) is 43.1 Å². The van der Waals surface area contributed by atoms with Gasteiger partial charge in [0.1, 0.15) is 0 Å². The average Bonchev–Trinajstić information content (AvgIpc) is 2.55. The minimum absolute atomic E-state index is 0.0192. The summed E-state index contributed by atoms with van der Waals surface area (Å²) < 4.78 is 0. The van der Waals surface area contributed by atoms with E-state index < -0.39 is 0 Å². The van der Waals surface area contributed by atoms with Crippen molar-refractivity contribution < 1.29 is 4.79 Å². The summed E-state index contributed by atoms with van der Waals surface area (Å²) in [6, 6.07) is 23.8. The van der Waals surface area contributed by atoms with Crippen molar-refractivity contribution in [3.63, 3.8) is 0 Å². The van der Waals surface area contributed by atoms with Crippen LogP contribution in [0, 0.1) is 0 Å². The number of nitrogens with two attached hydrogens (primary N) is 1. The summed E-state index contributed by atoms with van der Waals surface area (Å²) in [4.78, 5) is 11.8. The number of ketones is 1. The van der Waals surface area contributed by atoms with Crippen molar-refractivity contribution in [2.45, 2.75) is 6.92 Å². The van der Waals surface area contributed by atoms with Gasteiger partial charge in [-0.25, -0.2) is 0 Å². The third-order valence-corrected chi connectivity index (χ3v) is 3.77. The van der Waals surface area contributed by atoms with E-state index in [-0.39, 0.29) is 5.78 Å². The van der Waals surface area contributed by atoms with Crippen molar-refractivity contribution in [2.24, 2.45) is 0 Å². The van der Waals surface area contributed by atoms with Gasteiger partial charge in [-0.15, -0.1) is 0 Å². The van der Waals surface area contributed by atoms with Crippen molar-refractivity contribution in [2.75, 3.05) is 5.73 Å². The fraction of sp³-hybridized carbons (Fsp3) is 0.0500. The maximum atomic E-state index is 11.8. The van der Waals surface area contributed by atoms with Gasteiger partial charge in [0.2, 0.25) is 0 Å². The Morgan fingerprint density at radius 3 is 1.86 bits per heavy atom. The molecule has 0 spiro atoms. The average molecular weight is 287 g/mol. The Labute approximate surface area is 130 Å². The second-order valence-electron chi connectivity index (χ2n) is 5.24. The highest BCUT2D eigenvalue weighted by Crippen LogP contribution is 2.38. The van der Waals surface area contributed by atoms with E-state index in [1.165, 1.54) is 0 Å². The molecule has 0 saturated carbocycles. The van der Waals surface area contributed by atoms with E-state index in [1.807, 2.05) is 60.7 Å². The minimum Gasteiger partial charge on any atom is -0.398 e. The van der Waals surface area contributed by atoms with Crippen molar-refractivity contribution >= 4 is 11.5 Å². The molecule has 2 N–H and O–H groups in total. The zero-order valence-electron chi connectivity index (χ0n) is 12.4. The maximum absolute atomic E-state index is 11.8. The molecule has 2 heteroatoms. The second-order valence-corrected chi connectivity index (χ2v) is 5.24. The first kappa shape index (κ1) is 14.1. The summed E-state index contributed by atoms with van der Waals surface area (Å²) in [6.45, 7) is 1.54. The van der Waals surface area contributed by atoms with Gasteiger partial charge in [-0.3, -0.25) is 4.79 Å². The van der Waals surface area contributed by atoms with Gasteiger partial charge in [0.05, 0.1) is 5.69 Å². The standard InChI is InChI=1S/C20H17NO/c1-14(22)17-12-13-18(15-8-4-2-5-9-15)19(20(17)21)16-10-6-3-7-11-16/h2-13H,21H2,1H3. The molecular formula is C20H17NO. The lowest BCUT2D eigenvalue weighted by atomic mass is 9.90. The van der Waals surface area contributed by atoms with Gasteiger partial charge in [-0.1, -0.05) is 66.7 Å². The molecule has 22 heavy (non-hydrogen) atoms. The number of benzene rings is 3. The van der Waals surface area contributed by atoms with Crippen molar-refractivity contribution in [1.29, 1.82) is 0 Å². The van der Waals surface area contributed by atoms with Crippen LogP contribution in [-0.2, 0) is 0 Å². The van der Waals surface area contributed by atoms with E-state index in [0.717, 1.165) is 22.3 Å². The molecule has 0 radical (unpaired) electrons. The number of carbonyl (C=O) groups is 1. The van der Waals surface area contributed by atoms with Crippen LogP contribution in [0.3, 0.4) is 0 Å². The van der Waals surface area contributed by atoms with Gasteiger partial charge in [-0.05, 0) is 29.7 Å². The molecule has 0 amide bonds. The smallest absolute Gasteiger partial charge is 0.161 e. The Morgan fingerprint density at radius 2 is 1.32 bits per heavy atom. The molecule has 0 aromatic heterocycles. The van der Waals surface area contributed by atoms with Crippen LogP contribution in [0.5, 0.6) is 0 Å². The quantitative estimate of drug-likeness (QED) is 0.555. The summed E-state index contributed by atoms with van der Waals surface area (Å²) >= 11 is 0. The van der Waals surface area contributed by atoms with Gasteiger partial charge in [0.15, 0.2) is 5.78 Å². The predicted molar refractivity (Wildman–Crippen MR) is 91.7 cm³/mol. The van der Waals surface area contributed by atoms with Gasteiger partial charge in [-0.2, -0.15) is 0 Å². The highest BCUT2D eigenvalue weighted by molar-refractivity contribution is 6.05. The molecule has 0 atom stereocenters. The Bertz CT molecular complexity index is 808. The number of Topliss-reactive ketones (excluding diaryl/α,β-unsaturated/α-hetero) is 1. The minimum atomic E-state index is -0.0192. The molecule has 0 aliphatic rings. The first-order valence-electron chi connectivity index (χ1n) is 7.22. The Hall–Kier alpha value is -2.87. The highest BCUT2D eigenvalue weighted by atomic mass is 16.1. The number of rotatable bonds is 3. The van der Waals surface area contributed by atoms with E-state index in [1.54, 1.807) is 6.92 Å². The van der Waals surface area contributed by atoms with Gasteiger partial charge < -0.3 is 5.73 Å². The molecule has 3 aromatic rings. The first-order chi connectivity index (χ1) is 10.7. The predicted octanol–water partition coefficient (Wildman–Crippen LogP) is 4.81. The summed E-state index contributed by atoms with van der Waals surface area (Å²) in [5, 5.41) is 0. The molecule has 0 unspecified atom stereocenters. The molecule has 0 heterocycles. The lowest BCUT2D eigenvalue weighted by Crippen LogP contribution is -2.03. The number of nitrogen functional groups attached to an aromatic ring is 1. The van der Waals surface area contributed by atoms with Gasteiger partial charge in [0.25, 0.3) is 0 Å². The lowest BCUT2D eigenvalue weighted by molar-refractivity contribution is 0.101. The molecule has 2 nitrogen and oxygen atoms in total. The normalized spacial score (nSPS) is 10.4. The molecule has 0 fully saturated rings. The van der Waals surface area contributed by atoms with E-state index >= 15 is 0 Å². The van der Waals surface area contributed by atoms with Gasteiger partial charge >= 0.3 is 0 Å². The van der Waals surface area contributed by atoms with Crippen molar-refractivity contribution in [3.8, 4) is 22.3 Å². The van der Waals surface area contributed by atoms with Crippen LogP contribution in [-0.4, -0.2) is 5.78 Å². The monoisotopic (exact) mass is 287 g/mol. The highest BCUT2D eigenvalue weighted by Gasteiger charge is 2.16. The second kappa shape index (κ2) is 5.86. The zero-order valence-corrected chi connectivity index (χ0v) is 12.4. The van der Waals surface area contributed by atoms with Crippen LogP contribution < -0.4 is 5.73 Å². The molecule has 0 aliphatic heterocycles. The van der Waals surface area contributed by atoms with Gasteiger partial charge in [0, 0.05) is 11.1 Å². The lowest BCUT2D eigenvalue weighted by Gasteiger charge is -2.15. The van der Waals surface area contributed by atoms with Crippen molar-refractivity contribution in [1.82, 2.24) is 0 Å². The van der Waals surface area contributed by atoms with E-state index in [4.69, 9.17) is 5.73 Å². The third-order valence-electron chi connectivity index (χ3n) is 3.77. The summed E-state index contributed by atoms with van der Waals surface area (Å²) in [7, 11) is 0. The summed E-state index contributed by atoms with van der Waals surface area (Å²) in [5.41, 5.74) is 11.5. The molecule has 0 saturated heterocycles. The van der Waals surface area contributed by atoms with Crippen LogP contribution in [0.1, 0.15) is 17.3 Å². The molecule has 108 valence electrons. The maximum Gasteiger partial charge on any atom is 0.161 e. The van der Waals surface area contributed by atoms with Crippen LogP contribution >= 0.6 is 0 Å². The Kier molecular flexibility index (Phi) is 3.75. The van der Waals surface area contributed by atoms with E-state index in [9.17, 15) is 4.79 Å². The first-order valence-corrected chi connectivity index (χ1v) is 7.22. The number of carbonyl (C=O) groups excluding carboxylic acids is 1. The van der Waals surface area contributed by atoms with Crippen molar-refractivity contribution in [3.05, 3.63) is 78.4 Å². The summed E-state index contributed by atoms with van der Waals surface area (Å²) in [6.07, 6.45) is 0. The molecule has 3 rings (SSSR count). The fourth-order valence-electron chi connectivity index (χ4n) is 2.70. The molecular weight excluding hydrogens is 270 g/mol. The number of hydrogen-bond acceptors (Lipinski definition) is 2. The molecule has 3 aromatic carbocycles. The fourth-order valence-corrected chi connectivity index (χ4v) is 2.70. The van der Waals surface area contributed by atoms with Crippen LogP contribution in [0.15, 0.2) is 72.8 Å². The third kappa shape index (κ3) is 2.51. The van der Waals surface area contributed by atoms with Crippen LogP contribution in [0.2, 0.25) is 0 Å². The molecule has 0 bridgehead atoms. The Balaban J connectivity index is 2.32. The number of hydrogen-bond donors (Lipinski definition) is 1. The largest absolute Gasteiger partial charge is 0.398 e. The molecule has 0 aliphatic carbocycles. The zero-order chi connectivity index (χ0) is 15.5. The van der Waals surface area contributed by atoms with Crippen LogP contribution in [0.4, 0.5) is 5.69 Å². The van der Waals surface area contributed by atoms with E-state index in [2.05, 4.69) is 12.1 Å². The number of anilines is 1. The summed E-state index contributed by atoms with van der Waals surface area (Å²) in [5.74, 6) is -0.0192. The van der Waals surface area contributed by atoms with E-state index in [0.29, 0.717) is 11.3 Å². The van der Waals surface area contributed by atoms with Crippen LogP contribution in [0.25, 0.3) is 22.3 Å². The Morgan fingerprint density at radius 1 is 0.773 bits per heavy atom.